The van der Waals surface area contributed by atoms with Crippen LogP contribution in [-0.2, 0) is 11.3 Å². The highest BCUT2D eigenvalue weighted by molar-refractivity contribution is 6.42. The summed E-state index contributed by atoms with van der Waals surface area (Å²) in [5, 5.41) is 7.02. The average Bonchev–Trinajstić information content (AvgIpc) is 2.56. The first kappa shape index (κ1) is 18.1. The van der Waals surface area contributed by atoms with E-state index in [9.17, 15) is 4.79 Å². The van der Waals surface area contributed by atoms with Gasteiger partial charge in [0.2, 0.25) is 5.91 Å². The zero-order valence-corrected chi connectivity index (χ0v) is 15.4. The Balaban J connectivity index is 1.55. The zero-order chi connectivity index (χ0) is 17.8. The maximum atomic E-state index is 12.1. The molecule has 1 unspecified atom stereocenters. The SMILES string of the molecule is CC(C(=O)NCc1ccc(Oc2cccc(Cl)c2Cl)cc1)C1CNC1. The van der Waals surface area contributed by atoms with E-state index < -0.39 is 0 Å². The van der Waals surface area contributed by atoms with Gasteiger partial charge in [-0.3, -0.25) is 4.79 Å². The molecule has 132 valence electrons. The molecule has 1 heterocycles. The van der Waals surface area contributed by atoms with E-state index in [0.717, 1.165) is 18.7 Å². The molecule has 25 heavy (non-hydrogen) atoms. The fourth-order valence-corrected chi connectivity index (χ4v) is 2.92. The van der Waals surface area contributed by atoms with Gasteiger partial charge >= 0.3 is 0 Å². The van der Waals surface area contributed by atoms with Gasteiger partial charge in [-0.15, -0.1) is 0 Å². The lowest BCUT2D eigenvalue weighted by molar-refractivity contribution is -0.126. The number of ether oxygens (including phenoxy) is 1. The van der Waals surface area contributed by atoms with Crippen LogP contribution in [0.5, 0.6) is 11.5 Å². The molecule has 1 saturated heterocycles. The van der Waals surface area contributed by atoms with Crippen molar-refractivity contribution in [3.05, 3.63) is 58.1 Å². The van der Waals surface area contributed by atoms with Crippen LogP contribution in [0.4, 0.5) is 0 Å². The Bertz CT molecular complexity index is 746. The van der Waals surface area contributed by atoms with E-state index >= 15 is 0 Å². The number of amides is 1. The fraction of sp³-hybridized carbons (Fsp3) is 0.316. The van der Waals surface area contributed by atoms with Crippen LogP contribution in [-0.4, -0.2) is 19.0 Å². The Morgan fingerprint density at radius 1 is 1.24 bits per heavy atom. The second-order valence-corrected chi connectivity index (χ2v) is 7.01. The summed E-state index contributed by atoms with van der Waals surface area (Å²) in [4.78, 5) is 12.1. The van der Waals surface area contributed by atoms with Gasteiger partial charge in [-0.05, 0) is 48.8 Å². The van der Waals surface area contributed by atoms with Gasteiger partial charge in [-0.1, -0.05) is 48.3 Å². The smallest absolute Gasteiger partial charge is 0.223 e. The Morgan fingerprint density at radius 3 is 2.60 bits per heavy atom. The normalized spacial score (nSPS) is 15.3. The summed E-state index contributed by atoms with van der Waals surface area (Å²) < 4.78 is 5.75. The van der Waals surface area contributed by atoms with E-state index in [-0.39, 0.29) is 11.8 Å². The highest BCUT2D eigenvalue weighted by Crippen LogP contribution is 2.34. The third-order valence-corrected chi connectivity index (χ3v) is 5.27. The molecular weight excluding hydrogens is 359 g/mol. The average molecular weight is 379 g/mol. The number of carbonyl (C=O) groups is 1. The second kappa shape index (κ2) is 8.09. The summed E-state index contributed by atoms with van der Waals surface area (Å²) in [7, 11) is 0. The van der Waals surface area contributed by atoms with Crippen molar-refractivity contribution < 1.29 is 9.53 Å². The molecule has 1 aliphatic rings. The number of nitrogens with one attached hydrogen (secondary N) is 2. The molecule has 1 amide bonds. The van der Waals surface area contributed by atoms with Gasteiger partial charge in [0.15, 0.2) is 0 Å². The van der Waals surface area contributed by atoms with E-state index in [2.05, 4.69) is 10.6 Å². The predicted octanol–water partition coefficient (Wildman–Crippen LogP) is 4.26. The molecule has 3 rings (SSSR count). The first-order valence-electron chi connectivity index (χ1n) is 8.24. The monoisotopic (exact) mass is 378 g/mol. The third-order valence-electron chi connectivity index (χ3n) is 4.47. The molecule has 0 bridgehead atoms. The van der Waals surface area contributed by atoms with Crippen molar-refractivity contribution in [1.29, 1.82) is 0 Å². The summed E-state index contributed by atoms with van der Waals surface area (Å²) in [6.07, 6.45) is 0. The molecule has 6 heteroatoms. The van der Waals surface area contributed by atoms with E-state index in [1.54, 1.807) is 18.2 Å². The van der Waals surface area contributed by atoms with Crippen LogP contribution in [0.25, 0.3) is 0 Å². The van der Waals surface area contributed by atoms with Gasteiger partial charge in [0.25, 0.3) is 0 Å². The van der Waals surface area contributed by atoms with Crippen LogP contribution in [0.1, 0.15) is 12.5 Å². The predicted molar refractivity (Wildman–Crippen MR) is 100 cm³/mol. The Labute approximate surface area is 157 Å². The van der Waals surface area contributed by atoms with Crippen molar-refractivity contribution in [2.45, 2.75) is 13.5 Å². The van der Waals surface area contributed by atoms with E-state index in [4.69, 9.17) is 27.9 Å². The maximum absolute atomic E-state index is 12.1. The molecule has 0 spiro atoms. The number of halogens is 2. The molecule has 1 atom stereocenters. The Hall–Kier alpha value is -1.75. The number of carbonyl (C=O) groups excluding carboxylic acids is 1. The maximum Gasteiger partial charge on any atom is 0.223 e. The first-order chi connectivity index (χ1) is 12.0. The minimum Gasteiger partial charge on any atom is -0.456 e. The van der Waals surface area contributed by atoms with E-state index in [0.29, 0.717) is 34.0 Å². The second-order valence-electron chi connectivity index (χ2n) is 6.22. The molecule has 4 nitrogen and oxygen atoms in total. The standard InChI is InChI=1S/C19H20Cl2N2O2/c1-12(14-10-22-11-14)19(24)23-9-13-5-7-15(8-6-13)25-17-4-2-3-16(20)18(17)21/h2-8,12,14,22H,9-11H2,1H3,(H,23,24). The minimum absolute atomic E-state index is 0.0360. The summed E-state index contributed by atoms with van der Waals surface area (Å²) in [6, 6.07) is 12.8. The molecule has 2 aromatic rings. The lowest BCUT2D eigenvalue weighted by atomic mass is 9.88. The number of hydrogen-bond donors (Lipinski definition) is 2. The van der Waals surface area contributed by atoms with Gasteiger partial charge < -0.3 is 15.4 Å². The molecule has 0 radical (unpaired) electrons. The summed E-state index contributed by atoms with van der Waals surface area (Å²) >= 11 is 12.1. The van der Waals surface area contributed by atoms with E-state index in [1.165, 1.54) is 0 Å². The summed E-state index contributed by atoms with van der Waals surface area (Å²) in [5.74, 6) is 1.75. The highest BCUT2D eigenvalue weighted by atomic mass is 35.5. The zero-order valence-electron chi connectivity index (χ0n) is 13.9. The van der Waals surface area contributed by atoms with Gasteiger partial charge in [-0.2, -0.15) is 0 Å². The number of hydrogen-bond acceptors (Lipinski definition) is 3. The minimum atomic E-state index is 0.0360. The Morgan fingerprint density at radius 2 is 1.96 bits per heavy atom. The van der Waals surface area contributed by atoms with Crippen LogP contribution < -0.4 is 15.4 Å². The van der Waals surface area contributed by atoms with Crippen molar-refractivity contribution in [1.82, 2.24) is 10.6 Å². The van der Waals surface area contributed by atoms with E-state index in [1.807, 2.05) is 31.2 Å². The molecule has 1 aliphatic heterocycles. The third kappa shape index (κ3) is 4.46. The lowest BCUT2D eigenvalue weighted by Crippen LogP contribution is -2.49. The molecule has 0 saturated carbocycles. The highest BCUT2D eigenvalue weighted by Gasteiger charge is 2.28. The molecule has 1 fully saturated rings. The lowest BCUT2D eigenvalue weighted by Gasteiger charge is -2.31. The molecule has 2 N–H and O–H groups in total. The quantitative estimate of drug-likeness (QED) is 0.789. The van der Waals surface area contributed by atoms with Gasteiger partial charge in [0.1, 0.15) is 16.5 Å². The van der Waals surface area contributed by atoms with Crippen LogP contribution in [0.2, 0.25) is 10.0 Å². The number of benzene rings is 2. The summed E-state index contributed by atoms with van der Waals surface area (Å²) in [5.41, 5.74) is 1.01. The largest absolute Gasteiger partial charge is 0.456 e. The van der Waals surface area contributed by atoms with Crippen LogP contribution in [0.3, 0.4) is 0 Å². The van der Waals surface area contributed by atoms with Crippen molar-refractivity contribution in [2.24, 2.45) is 11.8 Å². The van der Waals surface area contributed by atoms with Crippen molar-refractivity contribution in [3.63, 3.8) is 0 Å². The van der Waals surface area contributed by atoms with Crippen LogP contribution in [0.15, 0.2) is 42.5 Å². The molecule has 0 aliphatic carbocycles. The molecular formula is C19H20Cl2N2O2. The van der Waals surface area contributed by atoms with Crippen LogP contribution >= 0.6 is 23.2 Å². The van der Waals surface area contributed by atoms with Crippen molar-refractivity contribution >= 4 is 29.1 Å². The number of rotatable bonds is 6. The first-order valence-corrected chi connectivity index (χ1v) is 8.99. The summed E-state index contributed by atoms with van der Waals surface area (Å²) in [6.45, 7) is 4.33. The van der Waals surface area contributed by atoms with Gasteiger partial charge in [-0.25, -0.2) is 0 Å². The molecule has 0 aromatic heterocycles. The van der Waals surface area contributed by atoms with Crippen LogP contribution in [0, 0.1) is 11.8 Å². The Kier molecular flexibility index (Phi) is 5.84. The van der Waals surface area contributed by atoms with Gasteiger partial charge in [0, 0.05) is 12.5 Å². The topological polar surface area (TPSA) is 50.4 Å². The van der Waals surface area contributed by atoms with Crippen molar-refractivity contribution in [3.8, 4) is 11.5 Å². The fourth-order valence-electron chi connectivity index (χ4n) is 2.59. The molecule has 2 aromatic carbocycles. The van der Waals surface area contributed by atoms with Crippen molar-refractivity contribution in [2.75, 3.05) is 13.1 Å². The van der Waals surface area contributed by atoms with Gasteiger partial charge in [0.05, 0.1) is 5.02 Å².